The monoisotopic (exact) mass is 202 g/mol. The number of aryl methyl sites for hydroxylation is 1. The second kappa shape index (κ2) is 3.77. The predicted octanol–water partition coefficient (Wildman–Crippen LogP) is 3.06. The molecule has 0 unspecified atom stereocenters. The van der Waals surface area contributed by atoms with Gasteiger partial charge in [-0.2, -0.15) is 0 Å². The van der Waals surface area contributed by atoms with Crippen molar-refractivity contribution in [2.75, 3.05) is 0 Å². The van der Waals surface area contributed by atoms with Crippen LogP contribution in [0.5, 0.6) is 0 Å². The zero-order valence-electron chi connectivity index (χ0n) is 8.91. The molecule has 0 radical (unpaired) electrons. The van der Waals surface area contributed by atoms with Gasteiger partial charge in [0.2, 0.25) is 0 Å². The Bertz CT molecular complexity index is 511. The van der Waals surface area contributed by atoms with Crippen molar-refractivity contribution in [2.45, 2.75) is 20.3 Å². The summed E-state index contributed by atoms with van der Waals surface area (Å²) in [5.41, 5.74) is 3.88. The molecule has 0 saturated heterocycles. The second-order valence-electron chi connectivity index (χ2n) is 3.57. The summed E-state index contributed by atoms with van der Waals surface area (Å²) < 4.78 is 0. The molecule has 3 heteroatoms. The van der Waals surface area contributed by atoms with Gasteiger partial charge in [-0.15, -0.1) is 0 Å². The molecule has 2 N–H and O–H groups in total. The molecule has 1 aromatic carbocycles. The molecular formula is C12H14N2O. The smallest absolute Gasteiger partial charge is 0.0889 e. The first kappa shape index (κ1) is 9.77. The van der Waals surface area contributed by atoms with Gasteiger partial charge in [0.05, 0.1) is 5.71 Å². The highest BCUT2D eigenvalue weighted by atomic mass is 16.4. The van der Waals surface area contributed by atoms with Gasteiger partial charge in [-0.05, 0) is 19.4 Å². The maximum atomic E-state index is 8.96. The lowest BCUT2D eigenvalue weighted by Crippen LogP contribution is -1.99. The number of oxime groups is 1. The highest BCUT2D eigenvalue weighted by Gasteiger charge is 2.12. The van der Waals surface area contributed by atoms with Crippen molar-refractivity contribution in [1.29, 1.82) is 0 Å². The fourth-order valence-corrected chi connectivity index (χ4v) is 1.95. The third-order valence-corrected chi connectivity index (χ3v) is 2.64. The van der Waals surface area contributed by atoms with E-state index in [1.165, 1.54) is 0 Å². The summed E-state index contributed by atoms with van der Waals surface area (Å²) in [7, 11) is 0. The van der Waals surface area contributed by atoms with Crippen molar-refractivity contribution in [3.8, 4) is 0 Å². The Hall–Kier alpha value is -1.77. The number of hydrogen-bond donors (Lipinski definition) is 2. The van der Waals surface area contributed by atoms with E-state index >= 15 is 0 Å². The number of hydrogen-bond acceptors (Lipinski definition) is 2. The summed E-state index contributed by atoms with van der Waals surface area (Å²) in [6, 6.07) is 8.04. The van der Waals surface area contributed by atoms with Crippen LogP contribution in [0.15, 0.2) is 29.4 Å². The number of nitrogens with zero attached hydrogens (tertiary/aromatic N) is 1. The summed E-state index contributed by atoms with van der Waals surface area (Å²) in [5, 5.41) is 13.4. The van der Waals surface area contributed by atoms with Crippen molar-refractivity contribution in [2.24, 2.45) is 5.16 Å². The van der Waals surface area contributed by atoms with Crippen LogP contribution in [0.1, 0.15) is 24.6 Å². The molecule has 0 amide bonds. The number of nitrogens with one attached hydrogen (secondary N) is 1. The first-order valence-electron chi connectivity index (χ1n) is 5.06. The van der Waals surface area contributed by atoms with E-state index < -0.39 is 0 Å². The van der Waals surface area contributed by atoms with E-state index in [2.05, 4.69) is 10.1 Å². The molecule has 15 heavy (non-hydrogen) atoms. The Morgan fingerprint density at radius 1 is 1.40 bits per heavy atom. The summed E-state index contributed by atoms with van der Waals surface area (Å²) in [4.78, 5) is 3.28. The molecular weight excluding hydrogens is 188 g/mol. The van der Waals surface area contributed by atoms with Gasteiger partial charge in [-0.25, -0.2) is 0 Å². The molecule has 3 nitrogen and oxygen atoms in total. The van der Waals surface area contributed by atoms with Crippen molar-refractivity contribution in [3.05, 3.63) is 35.5 Å². The summed E-state index contributed by atoms with van der Waals surface area (Å²) in [6.45, 7) is 3.98. The van der Waals surface area contributed by atoms with Gasteiger partial charge < -0.3 is 10.2 Å². The number of rotatable bonds is 2. The Kier molecular flexibility index (Phi) is 2.46. The van der Waals surface area contributed by atoms with Crippen LogP contribution in [0.2, 0.25) is 0 Å². The minimum absolute atomic E-state index is 0.721. The van der Waals surface area contributed by atoms with Crippen molar-refractivity contribution in [1.82, 2.24) is 4.98 Å². The van der Waals surface area contributed by atoms with Gasteiger partial charge in [0.15, 0.2) is 0 Å². The predicted molar refractivity (Wildman–Crippen MR) is 61.7 cm³/mol. The third kappa shape index (κ3) is 1.50. The van der Waals surface area contributed by atoms with E-state index in [-0.39, 0.29) is 0 Å². The summed E-state index contributed by atoms with van der Waals surface area (Å²) >= 11 is 0. The van der Waals surface area contributed by atoms with Crippen molar-refractivity contribution in [3.63, 3.8) is 0 Å². The molecule has 0 atom stereocenters. The van der Waals surface area contributed by atoms with Crippen LogP contribution in [0.3, 0.4) is 0 Å². The lowest BCUT2D eigenvalue weighted by molar-refractivity contribution is 0.318. The fraction of sp³-hybridized carbons (Fsp3) is 0.250. The van der Waals surface area contributed by atoms with Crippen LogP contribution in [-0.2, 0) is 0 Å². The Balaban J connectivity index is 2.74. The molecule has 0 aliphatic carbocycles. The van der Waals surface area contributed by atoms with Crippen molar-refractivity contribution < 1.29 is 5.21 Å². The lowest BCUT2D eigenvalue weighted by atomic mass is 10.0. The minimum atomic E-state index is 0.721. The Morgan fingerprint density at radius 2 is 2.13 bits per heavy atom. The van der Waals surface area contributed by atoms with Gasteiger partial charge in [0.1, 0.15) is 0 Å². The van der Waals surface area contributed by atoms with E-state index in [1.54, 1.807) is 0 Å². The topological polar surface area (TPSA) is 48.4 Å². The highest BCUT2D eigenvalue weighted by Crippen LogP contribution is 2.23. The number of aromatic amines is 1. The van der Waals surface area contributed by atoms with Gasteiger partial charge >= 0.3 is 0 Å². The number of aromatic nitrogens is 1. The molecule has 0 saturated carbocycles. The molecule has 1 aromatic heterocycles. The molecule has 1 heterocycles. The van der Waals surface area contributed by atoms with Crippen LogP contribution in [0.25, 0.3) is 10.9 Å². The fourth-order valence-electron chi connectivity index (χ4n) is 1.95. The van der Waals surface area contributed by atoms with Gasteiger partial charge in [-0.3, -0.25) is 0 Å². The zero-order valence-corrected chi connectivity index (χ0v) is 8.91. The largest absolute Gasteiger partial charge is 0.411 e. The molecule has 0 bridgehead atoms. The minimum Gasteiger partial charge on any atom is -0.411 e. The molecule has 0 aliphatic heterocycles. The molecule has 2 aromatic rings. The molecule has 0 spiro atoms. The van der Waals surface area contributed by atoms with E-state index in [0.29, 0.717) is 0 Å². The van der Waals surface area contributed by atoms with Crippen LogP contribution in [0.4, 0.5) is 0 Å². The van der Waals surface area contributed by atoms with E-state index in [9.17, 15) is 0 Å². The average Bonchev–Trinajstić information content (AvgIpc) is 2.58. The quantitative estimate of drug-likeness (QED) is 0.439. The SMILES string of the molecule is CCC(=NO)c1c(C)[nH]c2ccccc12. The van der Waals surface area contributed by atoms with E-state index in [4.69, 9.17) is 5.21 Å². The third-order valence-electron chi connectivity index (χ3n) is 2.64. The van der Waals surface area contributed by atoms with Crippen LogP contribution >= 0.6 is 0 Å². The van der Waals surface area contributed by atoms with Crippen LogP contribution in [-0.4, -0.2) is 15.9 Å². The van der Waals surface area contributed by atoms with Crippen LogP contribution in [0, 0.1) is 6.92 Å². The van der Waals surface area contributed by atoms with Gasteiger partial charge in [-0.1, -0.05) is 30.3 Å². The normalized spacial score (nSPS) is 12.3. The second-order valence-corrected chi connectivity index (χ2v) is 3.57. The standard InChI is InChI=1S/C12H14N2O/c1-3-10(14-15)12-8(2)13-11-7-5-4-6-9(11)12/h4-7,13,15H,3H2,1-2H3. The van der Waals surface area contributed by atoms with Crippen molar-refractivity contribution >= 4 is 16.6 Å². The van der Waals surface area contributed by atoms with E-state index in [1.807, 2.05) is 38.1 Å². The Labute approximate surface area is 88.4 Å². The zero-order chi connectivity index (χ0) is 10.8. The molecule has 0 aliphatic rings. The number of para-hydroxylation sites is 1. The lowest BCUT2D eigenvalue weighted by Gasteiger charge is -2.00. The van der Waals surface area contributed by atoms with Crippen LogP contribution < -0.4 is 0 Å². The number of benzene rings is 1. The maximum Gasteiger partial charge on any atom is 0.0889 e. The number of fused-ring (bicyclic) bond motifs is 1. The highest BCUT2D eigenvalue weighted by molar-refractivity contribution is 6.11. The molecule has 2 rings (SSSR count). The maximum absolute atomic E-state index is 8.96. The first-order valence-corrected chi connectivity index (χ1v) is 5.06. The summed E-state index contributed by atoms with van der Waals surface area (Å²) in [5.74, 6) is 0. The van der Waals surface area contributed by atoms with Gasteiger partial charge in [0, 0.05) is 22.2 Å². The Morgan fingerprint density at radius 3 is 2.80 bits per heavy atom. The first-order chi connectivity index (χ1) is 7.27. The van der Waals surface area contributed by atoms with E-state index in [0.717, 1.165) is 34.3 Å². The summed E-state index contributed by atoms with van der Waals surface area (Å²) in [6.07, 6.45) is 0.721. The molecule has 0 fully saturated rings. The average molecular weight is 202 g/mol. The number of H-pyrrole nitrogens is 1. The van der Waals surface area contributed by atoms with Gasteiger partial charge in [0.25, 0.3) is 0 Å². The molecule has 78 valence electrons.